The number of rotatable bonds is 2. The highest BCUT2D eigenvalue weighted by Gasteiger charge is 2.37. The van der Waals surface area contributed by atoms with Gasteiger partial charge in [0.15, 0.2) is 0 Å². The summed E-state index contributed by atoms with van der Waals surface area (Å²) in [5.74, 6) is -0.231. The Morgan fingerprint density at radius 3 is 1.74 bits per heavy atom. The molecule has 0 unspecified atom stereocenters. The van der Waals surface area contributed by atoms with Crippen molar-refractivity contribution in [1.29, 1.82) is 0 Å². The van der Waals surface area contributed by atoms with Gasteiger partial charge in [-0.2, -0.15) is 26.3 Å². The molecule has 0 aromatic carbocycles. The maximum Gasteiger partial charge on any atom is 0.421 e. The van der Waals surface area contributed by atoms with Crippen molar-refractivity contribution in [3.63, 3.8) is 0 Å². The molecule has 0 radical (unpaired) electrons. The molecule has 27 heavy (non-hydrogen) atoms. The highest BCUT2D eigenvalue weighted by atomic mass is 35.5. The molecular weight excluding hydrogens is 447 g/mol. The number of nitrogens with one attached hydrogen (secondary N) is 1. The quantitative estimate of drug-likeness (QED) is 0.367. The number of hydrogen-bond donors (Lipinski definition) is 1. The molecule has 0 spiro atoms. The fraction of sp³-hybridized carbons (Fsp3) is 0.385. The number of halogens is 9. The van der Waals surface area contributed by atoms with Gasteiger partial charge in [0.05, 0.1) is 0 Å². The smallest absolute Gasteiger partial charge is 0.367 e. The van der Waals surface area contributed by atoms with E-state index in [2.05, 4.69) is 25.3 Å². The first kappa shape index (κ1) is 21.7. The van der Waals surface area contributed by atoms with Crippen LogP contribution in [0.2, 0.25) is 15.7 Å². The molecule has 3 rings (SSSR count). The first-order valence-corrected chi connectivity index (χ1v) is 8.13. The summed E-state index contributed by atoms with van der Waals surface area (Å²) < 4.78 is 73.4. The van der Waals surface area contributed by atoms with Crippen LogP contribution in [0.5, 0.6) is 0 Å². The van der Waals surface area contributed by atoms with Gasteiger partial charge >= 0.3 is 12.4 Å². The molecule has 0 atom stereocenters. The monoisotopic (exact) mass is 453 g/mol. The van der Waals surface area contributed by atoms with Crippen LogP contribution in [0.15, 0.2) is 12.4 Å². The van der Waals surface area contributed by atoms with Crippen molar-refractivity contribution in [2.75, 3.05) is 5.32 Å². The third-order valence-electron chi connectivity index (χ3n) is 3.00. The predicted molar refractivity (Wildman–Crippen MR) is 85.7 cm³/mol. The Labute approximate surface area is 163 Å². The van der Waals surface area contributed by atoms with E-state index in [-0.39, 0.29) is 22.4 Å². The standard InChI is InChI=1S/C8H7ClF3N3.C5HCl2F3N2/c9-7-13-3-5(8(10,11)12)6(15-7)14-4-1-2-4;6-3-2(5(8,9)10)1-11-4(7)12-3/h3-4H,1-2H2,(H,13,14,15);1H. The SMILES string of the molecule is FC(F)(F)c1cnc(Cl)nc1Cl.FC(F)(F)c1cnc(Cl)nc1NC1CC1. The molecule has 5 nitrogen and oxygen atoms in total. The van der Waals surface area contributed by atoms with Crippen LogP contribution in [0.25, 0.3) is 0 Å². The van der Waals surface area contributed by atoms with E-state index in [4.69, 9.17) is 34.8 Å². The lowest BCUT2D eigenvalue weighted by Crippen LogP contribution is -2.14. The molecule has 0 aliphatic heterocycles. The van der Waals surface area contributed by atoms with Crippen LogP contribution in [-0.2, 0) is 12.4 Å². The lowest BCUT2D eigenvalue weighted by molar-refractivity contribution is -0.138. The van der Waals surface area contributed by atoms with Crippen molar-refractivity contribution in [3.8, 4) is 0 Å². The van der Waals surface area contributed by atoms with E-state index >= 15 is 0 Å². The number of anilines is 1. The molecule has 2 aromatic heterocycles. The minimum atomic E-state index is -4.54. The average molecular weight is 455 g/mol. The van der Waals surface area contributed by atoms with Crippen LogP contribution in [0.3, 0.4) is 0 Å². The average Bonchev–Trinajstić information content (AvgIpc) is 3.29. The molecule has 0 saturated heterocycles. The Morgan fingerprint density at radius 1 is 0.815 bits per heavy atom. The molecule has 1 N–H and O–H groups in total. The highest BCUT2D eigenvalue weighted by molar-refractivity contribution is 6.32. The van der Waals surface area contributed by atoms with Crippen LogP contribution < -0.4 is 5.32 Å². The molecule has 0 amide bonds. The largest absolute Gasteiger partial charge is 0.421 e. The normalized spacial score (nSPS) is 14.4. The van der Waals surface area contributed by atoms with E-state index in [1.807, 2.05) is 0 Å². The fourth-order valence-corrected chi connectivity index (χ4v) is 2.18. The van der Waals surface area contributed by atoms with Gasteiger partial charge in [-0.3, -0.25) is 0 Å². The molecule has 1 aliphatic carbocycles. The molecular formula is C13H8Cl3F6N5. The van der Waals surface area contributed by atoms with Gasteiger partial charge in [-0.25, -0.2) is 19.9 Å². The van der Waals surface area contributed by atoms with Crippen molar-refractivity contribution in [2.24, 2.45) is 0 Å². The first-order valence-electron chi connectivity index (χ1n) is 6.99. The van der Waals surface area contributed by atoms with Crippen molar-refractivity contribution in [1.82, 2.24) is 19.9 Å². The summed E-state index contributed by atoms with van der Waals surface area (Å²) in [7, 11) is 0. The second-order valence-corrected chi connectivity index (χ2v) is 6.19. The Hall–Kier alpha value is -1.59. The van der Waals surface area contributed by atoms with Gasteiger partial charge in [-0.05, 0) is 36.0 Å². The number of aromatic nitrogens is 4. The van der Waals surface area contributed by atoms with Gasteiger partial charge in [-0.15, -0.1) is 0 Å². The van der Waals surface area contributed by atoms with E-state index in [9.17, 15) is 26.3 Å². The summed E-state index contributed by atoms with van der Waals surface area (Å²) in [6, 6.07) is 0.0806. The fourth-order valence-electron chi connectivity index (χ4n) is 1.63. The van der Waals surface area contributed by atoms with Crippen LogP contribution in [0, 0.1) is 0 Å². The summed E-state index contributed by atoms with van der Waals surface area (Å²) in [6.07, 6.45) is -6.04. The minimum Gasteiger partial charge on any atom is -0.367 e. The van der Waals surface area contributed by atoms with Gasteiger partial charge in [0, 0.05) is 18.4 Å². The van der Waals surface area contributed by atoms with E-state index in [0.29, 0.717) is 12.4 Å². The molecule has 2 heterocycles. The van der Waals surface area contributed by atoms with Gasteiger partial charge in [-0.1, -0.05) is 11.6 Å². The van der Waals surface area contributed by atoms with Gasteiger partial charge < -0.3 is 5.32 Å². The zero-order chi connectivity index (χ0) is 20.4. The van der Waals surface area contributed by atoms with Gasteiger partial charge in [0.1, 0.15) is 22.1 Å². The van der Waals surface area contributed by atoms with Crippen LogP contribution in [0.4, 0.5) is 32.2 Å². The molecule has 2 aromatic rings. The zero-order valence-electron chi connectivity index (χ0n) is 12.8. The Morgan fingerprint density at radius 2 is 1.30 bits per heavy atom. The van der Waals surface area contributed by atoms with Gasteiger partial charge in [0.25, 0.3) is 0 Å². The molecule has 14 heteroatoms. The van der Waals surface area contributed by atoms with E-state index in [1.54, 1.807) is 0 Å². The second kappa shape index (κ2) is 8.19. The number of nitrogens with zero attached hydrogens (tertiary/aromatic N) is 4. The van der Waals surface area contributed by atoms with Crippen LogP contribution in [0.1, 0.15) is 24.0 Å². The van der Waals surface area contributed by atoms with Crippen molar-refractivity contribution >= 4 is 40.6 Å². The summed E-state index contributed by atoms with van der Waals surface area (Å²) in [4.78, 5) is 13.2. The molecule has 0 bridgehead atoms. The second-order valence-electron chi connectivity index (χ2n) is 5.16. The maximum atomic E-state index is 12.5. The molecule has 1 fully saturated rings. The Kier molecular flexibility index (Phi) is 6.59. The Balaban J connectivity index is 0.000000199. The minimum absolute atomic E-state index is 0.0806. The summed E-state index contributed by atoms with van der Waals surface area (Å²) in [5.41, 5.74) is -1.97. The molecule has 148 valence electrons. The topological polar surface area (TPSA) is 63.6 Å². The van der Waals surface area contributed by atoms with E-state index < -0.39 is 28.6 Å². The van der Waals surface area contributed by atoms with Crippen molar-refractivity contribution in [2.45, 2.75) is 31.2 Å². The summed E-state index contributed by atoms with van der Waals surface area (Å²) in [6.45, 7) is 0. The van der Waals surface area contributed by atoms with Crippen molar-refractivity contribution in [3.05, 3.63) is 39.2 Å². The number of hydrogen-bond acceptors (Lipinski definition) is 5. The third-order valence-corrected chi connectivity index (χ3v) is 3.65. The maximum absolute atomic E-state index is 12.5. The Bertz CT molecular complexity index is 810. The lowest BCUT2D eigenvalue weighted by atomic mass is 10.3. The predicted octanol–water partition coefficient (Wildman–Crippen LogP) is 5.53. The van der Waals surface area contributed by atoms with Crippen LogP contribution in [-0.4, -0.2) is 26.0 Å². The van der Waals surface area contributed by atoms with E-state index in [0.717, 1.165) is 12.8 Å². The third kappa shape index (κ3) is 6.51. The molecule has 1 aliphatic rings. The molecule has 1 saturated carbocycles. The van der Waals surface area contributed by atoms with Crippen LogP contribution >= 0.6 is 34.8 Å². The highest BCUT2D eigenvalue weighted by Crippen LogP contribution is 2.36. The summed E-state index contributed by atoms with van der Waals surface area (Å²) >= 11 is 15.8. The van der Waals surface area contributed by atoms with E-state index in [1.165, 1.54) is 0 Å². The van der Waals surface area contributed by atoms with Gasteiger partial charge in [0.2, 0.25) is 10.6 Å². The summed E-state index contributed by atoms with van der Waals surface area (Å²) in [5, 5.41) is 1.48. The zero-order valence-corrected chi connectivity index (χ0v) is 15.1. The number of alkyl halides is 6. The van der Waals surface area contributed by atoms with Crippen molar-refractivity contribution < 1.29 is 26.3 Å². The first-order chi connectivity index (χ1) is 12.4. The lowest BCUT2D eigenvalue weighted by Gasteiger charge is -2.12.